The van der Waals surface area contributed by atoms with Gasteiger partial charge in [0.05, 0.1) is 12.1 Å². The van der Waals surface area contributed by atoms with Crippen LogP contribution in [-0.4, -0.2) is 22.9 Å². The normalized spacial score (nSPS) is 29.8. The number of carbonyl (C=O) groups is 2. The predicted octanol–water partition coefficient (Wildman–Crippen LogP) is 2.25. The zero-order valence-electron chi connectivity index (χ0n) is 9.72. The van der Waals surface area contributed by atoms with Crippen LogP contribution in [0.4, 0.5) is 10.1 Å². The van der Waals surface area contributed by atoms with Gasteiger partial charge in [-0.15, -0.1) is 0 Å². The molecule has 0 unspecified atom stereocenters. The Morgan fingerprint density at radius 2 is 2.00 bits per heavy atom. The number of nitrogens with zero attached hydrogens (tertiary/aromatic N) is 3. The Morgan fingerprint density at radius 3 is 2.58 bits per heavy atom. The van der Waals surface area contributed by atoms with Crippen LogP contribution in [0.25, 0.3) is 0 Å². The molecule has 2 aliphatic heterocycles. The van der Waals surface area contributed by atoms with E-state index in [9.17, 15) is 14.0 Å². The Kier molecular flexibility index (Phi) is 2.63. The number of benzene rings is 1. The van der Waals surface area contributed by atoms with E-state index in [0.717, 1.165) is 4.90 Å². The Labute approximate surface area is 113 Å². The summed E-state index contributed by atoms with van der Waals surface area (Å²) in [5.41, 5.74) is -1.41. The Bertz CT molecular complexity index is 589. The summed E-state index contributed by atoms with van der Waals surface area (Å²) in [6.07, 6.45) is 0.173. The van der Waals surface area contributed by atoms with Crippen molar-refractivity contribution in [3.8, 4) is 0 Å². The molecule has 0 bridgehead atoms. The van der Waals surface area contributed by atoms with E-state index >= 15 is 0 Å². The molecule has 3 rings (SSSR count). The molecule has 0 saturated carbocycles. The number of halogens is 2. The van der Waals surface area contributed by atoms with Crippen molar-refractivity contribution in [3.63, 3.8) is 0 Å². The lowest BCUT2D eigenvalue weighted by atomic mass is 9.95. The van der Waals surface area contributed by atoms with Gasteiger partial charge in [0.2, 0.25) is 5.91 Å². The molecule has 5 nitrogen and oxygen atoms in total. The maximum atomic E-state index is 12.9. The summed E-state index contributed by atoms with van der Waals surface area (Å²) in [6.45, 7) is 0. The summed E-state index contributed by atoms with van der Waals surface area (Å²) in [4.78, 5) is 25.4. The number of azo groups is 1. The predicted molar refractivity (Wildman–Crippen MR) is 65.4 cm³/mol. The molecule has 0 aliphatic carbocycles. The summed E-state index contributed by atoms with van der Waals surface area (Å²) in [5.74, 6) is -1.25. The summed E-state index contributed by atoms with van der Waals surface area (Å²) in [7, 11) is 0. The Morgan fingerprint density at radius 1 is 1.32 bits per heavy atom. The smallest absolute Gasteiger partial charge is 0.264 e. The number of carbonyl (C=O) groups excluding carboxylic acids is 2. The molecular weight excluding hydrogens is 273 g/mol. The van der Waals surface area contributed by atoms with Crippen molar-refractivity contribution in [1.82, 2.24) is 0 Å². The molecule has 98 valence electrons. The molecule has 0 radical (unpaired) electrons. The highest BCUT2D eigenvalue weighted by atomic mass is 35.5. The molecule has 2 atom stereocenters. The van der Waals surface area contributed by atoms with Crippen molar-refractivity contribution in [2.45, 2.75) is 23.9 Å². The molecule has 2 heterocycles. The Hall–Kier alpha value is -1.82. The maximum absolute atomic E-state index is 12.9. The van der Waals surface area contributed by atoms with Crippen molar-refractivity contribution < 1.29 is 14.0 Å². The number of rotatable bonds is 1. The first-order valence-corrected chi connectivity index (χ1v) is 6.14. The van der Waals surface area contributed by atoms with Gasteiger partial charge >= 0.3 is 0 Å². The number of amides is 2. The molecule has 1 fully saturated rings. The van der Waals surface area contributed by atoms with Gasteiger partial charge in [-0.1, -0.05) is 11.6 Å². The van der Waals surface area contributed by atoms with Gasteiger partial charge in [0.1, 0.15) is 11.3 Å². The van der Waals surface area contributed by atoms with Crippen LogP contribution in [0.15, 0.2) is 34.5 Å². The van der Waals surface area contributed by atoms with Crippen molar-refractivity contribution in [2.24, 2.45) is 10.2 Å². The van der Waals surface area contributed by atoms with Crippen LogP contribution in [0.3, 0.4) is 0 Å². The second-order valence-electron chi connectivity index (χ2n) is 4.57. The molecule has 1 spiro atoms. The average Bonchev–Trinajstić information content (AvgIpc) is 2.84. The topological polar surface area (TPSA) is 62.1 Å². The molecule has 1 aromatic carbocycles. The fourth-order valence-corrected chi connectivity index (χ4v) is 2.65. The van der Waals surface area contributed by atoms with E-state index < -0.39 is 22.8 Å². The number of imide groups is 1. The summed E-state index contributed by atoms with van der Waals surface area (Å²) in [5, 5.41) is 7.61. The highest BCUT2D eigenvalue weighted by molar-refractivity contribution is 6.26. The number of anilines is 1. The van der Waals surface area contributed by atoms with Crippen molar-refractivity contribution >= 4 is 29.1 Å². The van der Waals surface area contributed by atoms with Gasteiger partial charge in [-0.05, 0) is 24.3 Å². The third kappa shape index (κ3) is 1.83. The molecular formula is C12H9ClFN3O2. The van der Waals surface area contributed by atoms with E-state index in [1.807, 2.05) is 0 Å². The van der Waals surface area contributed by atoms with Crippen LogP contribution in [0.5, 0.6) is 0 Å². The fraction of sp³-hybridized carbons (Fsp3) is 0.333. The van der Waals surface area contributed by atoms with E-state index in [4.69, 9.17) is 11.6 Å². The van der Waals surface area contributed by atoms with E-state index in [0.29, 0.717) is 5.69 Å². The van der Waals surface area contributed by atoms with Crippen molar-refractivity contribution in [1.29, 1.82) is 0 Å². The van der Waals surface area contributed by atoms with Gasteiger partial charge < -0.3 is 0 Å². The average molecular weight is 282 g/mol. The first-order valence-electron chi connectivity index (χ1n) is 5.71. The van der Waals surface area contributed by atoms with E-state index in [1.54, 1.807) is 0 Å². The van der Waals surface area contributed by atoms with E-state index in [2.05, 4.69) is 10.2 Å². The van der Waals surface area contributed by atoms with Crippen LogP contribution in [0.2, 0.25) is 0 Å². The molecule has 7 heteroatoms. The molecule has 1 saturated heterocycles. The molecule has 19 heavy (non-hydrogen) atoms. The second-order valence-corrected chi connectivity index (χ2v) is 5.08. The van der Waals surface area contributed by atoms with E-state index in [1.165, 1.54) is 24.3 Å². The highest BCUT2D eigenvalue weighted by Crippen LogP contribution is 2.40. The molecule has 1 aromatic rings. The molecule has 2 aliphatic rings. The molecule has 0 N–H and O–H groups in total. The van der Waals surface area contributed by atoms with Crippen molar-refractivity contribution in [2.75, 3.05) is 4.90 Å². The standard InChI is InChI=1S/C12H9ClFN3O2/c13-9-5-12(16-15-9)6-10(18)17(11(12)19)8-3-1-7(14)2-4-8/h1-4,9H,5-6H2/t9-,12-/m1/s1. The third-order valence-electron chi connectivity index (χ3n) is 3.26. The number of hydrogen-bond acceptors (Lipinski definition) is 4. The minimum atomic E-state index is -1.17. The van der Waals surface area contributed by atoms with Crippen molar-refractivity contribution in [3.05, 3.63) is 30.1 Å². The number of hydrogen-bond donors (Lipinski definition) is 0. The maximum Gasteiger partial charge on any atom is 0.264 e. The monoisotopic (exact) mass is 281 g/mol. The number of alkyl halides is 1. The zero-order valence-corrected chi connectivity index (χ0v) is 10.5. The lowest BCUT2D eigenvalue weighted by molar-refractivity contribution is -0.122. The lowest BCUT2D eigenvalue weighted by Crippen LogP contribution is -2.38. The van der Waals surface area contributed by atoms with Crippen LogP contribution < -0.4 is 4.90 Å². The largest absolute Gasteiger partial charge is 0.274 e. The van der Waals surface area contributed by atoms with Gasteiger partial charge in [-0.2, -0.15) is 10.2 Å². The van der Waals surface area contributed by atoms with Crippen LogP contribution >= 0.6 is 11.6 Å². The van der Waals surface area contributed by atoms with Crippen LogP contribution in [0.1, 0.15) is 12.8 Å². The first-order chi connectivity index (χ1) is 9.02. The van der Waals surface area contributed by atoms with Gasteiger partial charge in [-0.3, -0.25) is 9.59 Å². The van der Waals surface area contributed by atoms with Gasteiger partial charge in [0.25, 0.3) is 5.91 Å². The second kappa shape index (κ2) is 4.09. The van der Waals surface area contributed by atoms with Gasteiger partial charge in [0.15, 0.2) is 5.54 Å². The van der Waals surface area contributed by atoms with Crippen LogP contribution in [-0.2, 0) is 9.59 Å². The Balaban J connectivity index is 1.96. The quantitative estimate of drug-likeness (QED) is 0.450. The minimum Gasteiger partial charge on any atom is -0.274 e. The molecule has 2 amide bonds. The minimum absolute atomic E-state index is 0.0457. The zero-order chi connectivity index (χ0) is 13.6. The summed E-state index contributed by atoms with van der Waals surface area (Å²) < 4.78 is 12.9. The molecule has 0 aromatic heterocycles. The summed E-state index contributed by atoms with van der Waals surface area (Å²) >= 11 is 5.82. The fourth-order valence-electron chi connectivity index (χ4n) is 2.35. The van der Waals surface area contributed by atoms with Gasteiger partial charge in [0, 0.05) is 6.42 Å². The lowest BCUT2D eigenvalue weighted by Gasteiger charge is -2.17. The first kappa shape index (κ1) is 12.2. The van der Waals surface area contributed by atoms with E-state index in [-0.39, 0.29) is 18.7 Å². The van der Waals surface area contributed by atoms with Crippen LogP contribution in [0, 0.1) is 5.82 Å². The SMILES string of the molecule is O=C1C[C@]2(C[C@H](Cl)N=N2)C(=O)N1c1ccc(F)cc1. The summed E-state index contributed by atoms with van der Waals surface area (Å²) in [6, 6.07) is 5.16. The van der Waals surface area contributed by atoms with Gasteiger partial charge in [-0.25, -0.2) is 9.29 Å². The third-order valence-corrected chi connectivity index (χ3v) is 3.50. The highest BCUT2D eigenvalue weighted by Gasteiger charge is 2.56.